The van der Waals surface area contributed by atoms with Crippen LogP contribution in [0.3, 0.4) is 0 Å². The lowest BCUT2D eigenvalue weighted by molar-refractivity contribution is -0.154. The van der Waals surface area contributed by atoms with E-state index in [1.807, 2.05) is 39.0 Å². The van der Waals surface area contributed by atoms with E-state index < -0.39 is 61.5 Å². The second-order valence-corrected chi connectivity index (χ2v) is 23.8. The van der Waals surface area contributed by atoms with Crippen molar-refractivity contribution >= 4 is 44.5 Å². The Morgan fingerprint density at radius 2 is 1.75 bits per heavy atom. The number of fused-ring (bicyclic) bond motifs is 7. The molecule has 7 aliphatic rings. The van der Waals surface area contributed by atoms with Crippen LogP contribution in [0.5, 0.6) is 11.6 Å². The minimum atomic E-state index is -3.96. The van der Waals surface area contributed by atoms with E-state index in [9.17, 15) is 22.8 Å². The zero-order valence-corrected chi connectivity index (χ0v) is 39.3. The number of para-hydroxylation sites is 1. The van der Waals surface area contributed by atoms with Gasteiger partial charge < -0.3 is 19.1 Å². The van der Waals surface area contributed by atoms with Gasteiger partial charge in [0.1, 0.15) is 24.1 Å². The standard InChI is InChI=1S/C50H68N4O9S/c1-7-31-27-50(31,47(58)52-64(59,60)49(6)20-21-49)28-41(55)40-25-35-29-54(40)46(57)38(48(3,4)5)26-43(56)63-42-22-30(42)14-10-9-11-16-37-44(36-15-12-13-17-39(36)51-45(37)62-35)61-34-23-32-18-19-33(24-34)53(32)8-2/h7,12-13,15,17,30-35,38,40,42H,1,8-11,14,16,18-29H2,2-6H3,(H,52,58)/t30-,31-,32?,33?,34?,35-,38-,40+,42-,50-/m1/s1. The maximum absolute atomic E-state index is 15.0. The van der Waals surface area contributed by atoms with E-state index in [2.05, 4.69) is 29.2 Å². The molecule has 1 aromatic heterocycles. The van der Waals surface area contributed by atoms with Crippen molar-refractivity contribution in [3.63, 3.8) is 0 Å². The smallest absolute Gasteiger partial charge is 0.306 e. The molecule has 9 atom stereocenters. The van der Waals surface area contributed by atoms with Crippen molar-refractivity contribution in [2.24, 2.45) is 28.6 Å². The molecule has 4 aliphatic heterocycles. The first-order chi connectivity index (χ1) is 30.4. The van der Waals surface area contributed by atoms with Crippen LogP contribution in [0, 0.1) is 28.6 Å². The highest BCUT2D eigenvalue weighted by Crippen LogP contribution is 2.57. The number of ether oxygens (including phenoxy) is 3. The van der Waals surface area contributed by atoms with Crippen molar-refractivity contribution in [1.82, 2.24) is 19.5 Å². The molecule has 0 radical (unpaired) electrons. The summed E-state index contributed by atoms with van der Waals surface area (Å²) in [5, 5.41) is 0.937. The molecule has 14 heteroatoms. The van der Waals surface area contributed by atoms with E-state index in [0.717, 1.165) is 73.7 Å². The number of Topliss-reactive ketones (excluding diaryl/α,β-unsaturated/α-hetero) is 1. The van der Waals surface area contributed by atoms with Crippen LogP contribution in [0.1, 0.15) is 136 Å². The third-order valence-corrected chi connectivity index (χ3v) is 18.3. The Balaban J connectivity index is 1.06. The molecular weight excluding hydrogens is 833 g/mol. The number of amides is 2. The van der Waals surface area contributed by atoms with Gasteiger partial charge in [-0.1, -0.05) is 58.7 Å². The predicted molar refractivity (Wildman–Crippen MR) is 242 cm³/mol. The summed E-state index contributed by atoms with van der Waals surface area (Å²) in [5.41, 5.74) is -0.338. The molecule has 3 saturated heterocycles. The highest BCUT2D eigenvalue weighted by atomic mass is 32.2. The van der Waals surface area contributed by atoms with Crippen LogP contribution in [0.15, 0.2) is 36.9 Å². The molecule has 5 heterocycles. The average molecular weight is 901 g/mol. The summed E-state index contributed by atoms with van der Waals surface area (Å²) in [6, 6.07) is 8.01. The van der Waals surface area contributed by atoms with Crippen LogP contribution >= 0.6 is 0 Å². The number of ketones is 1. The normalized spacial score (nSPS) is 34.0. The summed E-state index contributed by atoms with van der Waals surface area (Å²) in [4.78, 5) is 66.7. The number of sulfonamides is 1. The second kappa shape index (κ2) is 17.0. The summed E-state index contributed by atoms with van der Waals surface area (Å²) < 4.78 is 47.9. The summed E-state index contributed by atoms with van der Waals surface area (Å²) >= 11 is 0. The molecule has 4 bridgehead atoms. The van der Waals surface area contributed by atoms with Gasteiger partial charge in [-0.25, -0.2) is 13.4 Å². The number of nitrogens with one attached hydrogen (secondary N) is 1. The Morgan fingerprint density at radius 1 is 1.02 bits per heavy atom. The number of nitrogens with zero attached hydrogens (tertiary/aromatic N) is 3. The molecule has 348 valence electrons. The molecular formula is C50H68N4O9S. The molecule has 9 rings (SSSR count). The number of allylic oxidation sites excluding steroid dienone is 1. The number of carbonyl (C=O) groups excluding carboxylic acids is 4. The molecule has 2 aromatic rings. The van der Waals surface area contributed by atoms with Crippen LogP contribution in [0.4, 0.5) is 0 Å². The monoisotopic (exact) mass is 900 g/mol. The number of esters is 1. The first kappa shape index (κ1) is 45.1. The summed E-state index contributed by atoms with van der Waals surface area (Å²) in [6.07, 6.45) is 11.3. The van der Waals surface area contributed by atoms with Crippen molar-refractivity contribution < 1.29 is 41.8 Å². The quantitative estimate of drug-likeness (QED) is 0.189. The van der Waals surface area contributed by atoms with Gasteiger partial charge in [-0.05, 0) is 113 Å². The fourth-order valence-electron chi connectivity index (χ4n) is 11.6. The van der Waals surface area contributed by atoms with Gasteiger partial charge >= 0.3 is 5.97 Å². The largest absolute Gasteiger partial charge is 0.489 e. The molecule has 0 spiro atoms. The minimum absolute atomic E-state index is 0.0437. The van der Waals surface area contributed by atoms with Gasteiger partial charge in [0.05, 0.1) is 46.2 Å². The minimum Gasteiger partial charge on any atom is -0.489 e. The molecule has 13 nitrogen and oxygen atoms in total. The number of rotatable bonds is 10. The first-order valence-corrected chi connectivity index (χ1v) is 25.6. The van der Waals surface area contributed by atoms with E-state index in [1.165, 1.54) is 12.8 Å². The van der Waals surface area contributed by atoms with Crippen LogP contribution in [-0.2, 0) is 40.4 Å². The summed E-state index contributed by atoms with van der Waals surface area (Å²) in [6.45, 7) is 14.6. The SMILES string of the molecule is C=C[C@@H]1C[C@]1(CC(=O)[C@@H]1C[C@@H]2CN1C(=O)[C@H](C(C)(C)C)CC(=O)O[C@@H]1C[C@H]1CCCCCc1c(nc3ccccc3c1OC1CC3CCC(C1)N3CC)O2)C(=O)NS(=O)(=O)C1(C)CC1. The van der Waals surface area contributed by atoms with Crippen LogP contribution in [0.2, 0.25) is 0 Å². The lowest BCUT2D eigenvalue weighted by atomic mass is 9.77. The Labute approximate surface area is 378 Å². The number of aromatic nitrogens is 1. The second-order valence-electron chi connectivity index (χ2n) is 21.6. The molecule has 1 N–H and O–H groups in total. The summed E-state index contributed by atoms with van der Waals surface area (Å²) in [7, 11) is -3.96. The Bertz CT molecular complexity index is 2290. The average Bonchev–Trinajstić information content (AvgIpc) is 4.20. The van der Waals surface area contributed by atoms with Crippen LogP contribution in [-0.4, -0.2) is 101 Å². The molecule has 3 aliphatic carbocycles. The van der Waals surface area contributed by atoms with E-state index >= 15 is 4.79 Å². The summed E-state index contributed by atoms with van der Waals surface area (Å²) in [5.74, 6) is -1.52. The van der Waals surface area contributed by atoms with Crippen molar-refractivity contribution in [2.75, 3.05) is 13.1 Å². The number of piperidine rings is 1. The molecule has 6 fully saturated rings. The topological polar surface area (TPSA) is 162 Å². The van der Waals surface area contributed by atoms with Crippen molar-refractivity contribution in [2.45, 2.75) is 179 Å². The van der Waals surface area contributed by atoms with E-state index in [4.69, 9.17) is 19.2 Å². The fourth-order valence-corrected chi connectivity index (χ4v) is 12.9. The fraction of sp³-hybridized carbons (Fsp3) is 0.700. The molecule has 3 saturated carbocycles. The predicted octanol–water partition coefficient (Wildman–Crippen LogP) is 7.23. The third kappa shape index (κ3) is 8.71. The van der Waals surface area contributed by atoms with E-state index in [-0.39, 0.29) is 56.1 Å². The highest BCUT2D eigenvalue weighted by molar-refractivity contribution is 7.91. The van der Waals surface area contributed by atoms with Gasteiger partial charge in [0.25, 0.3) is 0 Å². The first-order valence-electron chi connectivity index (χ1n) is 24.2. The molecule has 2 amide bonds. The number of pyridine rings is 1. The van der Waals surface area contributed by atoms with Crippen molar-refractivity contribution in [3.05, 3.63) is 42.5 Å². The number of benzene rings is 1. The number of hydrogen-bond acceptors (Lipinski definition) is 11. The highest BCUT2D eigenvalue weighted by Gasteiger charge is 2.63. The van der Waals surface area contributed by atoms with Gasteiger partial charge in [-0.3, -0.25) is 28.8 Å². The van der Waals surface area contributed by atoms with Gasteiger partial charge in [0, 0.05) is 30.3 Å². The molecule has 1 aromatic carbocycles. The lowest BCUT2D eigenvalue weighted by Crippen LogP contribution is -2.49. The number of hydrogen-bond donors (Lipinski definition) is 1. The van der Waals surface area contributed by atoms with Gasteiger partial charge in [-0.2, -0.15) is 0 Å². The van der Waals surface area contributed by atoms with Gasteiger partial charge in [-0.15, -0.1) is 6.58 Å². The number of carbonyl (C=O) groups is 4. The van der Waals surface area contributed by atoms with Crippen LogP contribution < -0.4 is 14.2 Å². The molecule has 2 unspecified atom stereocenters. The van der Waals surface area contributed by atoms with Crippen LogP contribution in [0.25, 0.3) is 10.9 Å². The van der Waals surface area contributed by atoms with Gasteiger partial charge in [0.2, 0.25) is 27.7 Å². The Morgan fingerprint density at radius 3 is 2.42 bits per heavy atom. The maximum Gasteiger partial charge on any atom is 0.306 e. The van der Waals surface area contributed by atoms with Crippen molar-refractivity contribution in [1.29, 1.82) is 0 Å². The van der Waals surface area contributed by atoms with Gasteiger partial charge in [0.15, 0.2) is 5.78 Å². The zero-order chi connectivity index (χ0) is 45.3. The van der Waals surface area contributed by atoms with Crippen molar-refractivity contribution in [3.8, 4) is 11.6 Å². The Hall–Kier alpha value is -4.04. The molecule has 64 heavy (non-hydrogen) atoms. The maximum atomic E-state index is 15.0. The third-order valence-electron chi connectivity index (χ3n) is 16.1. The lowest BCUT2D eigenvalue weighted by Gasteiger charge is -2.38. The zero-order valence-electron chi connectivity index (χ0n) is 38.4. The van der Waals surface area contributed by atoms with E-state index in [1.54, 1.807) is 17.9 Å². The van der Waals surface area contributed by atoms with E-state index in [0.29, 0.717) is 43.1 Å². The Kier molecular flexibility index (Phi) is 12.0.